The number of alkyl halides is 1. The Balaban J connectivity index is 2.28. The van der Waals surface area contributed by atoms with Crippen LogP contribution in [-0.4, -0.2) is 12.4 Å². The molecule has 0 fully saturated rings. The Hall–Kier alpha value is -0.690. The number of hydrogen-bond acceptors (Lipinski definition) is 1. The topological polar surface area (TPSA) is 12.0 Å². The fourth-order valence-corrected chi connectivity index (χ4v) is 0.989. The molecule has 0 aliphatic carbocycles. The fourth-order valence-electron chi connectivity index (χ4n) is 0.856. The van der Waals surface area contributed by atoms with Crippen LogP contribution in [0.15, 0.2) is 30.3 Å². The van der Waals surface area contributed by atoms with Crippen LogP contribution in [-0.2, 0) is 0 Å². The van der Waals surface area contributed by atoms with Crippen molar-refractivity contribution in [3.63, 3.8) is 0 Å². The molecule has 0 spiro atoms. The molecule has 0 radical (unpaired) electrons. The third kappa shape index (κ3) is 3.28. The van der Waals surface area contributed by atoms with Crippen LogP contribution in [0.1, 0.15) is 6.42 Å². The summed E-state index contributed by atoms with van der Waals surface area (Å²) in [4.78, 5) is 0. The second kappa shape index (κ2) is 5.03. The second-order valence-corrected chi connectivity index (χ2v) is 2.71. The molecule has 11 heavy (non-hydrogen) atoms. The normalized spacial score (nSPS) is 9.55. The van der Waals surface area contributed by atoms with Gasteiger partial charge in [0, 0.05) is 18.1 Å². The Morgan fingerprint density at radius 1 is 1.18 bits per heavy atom. The Labute approximate surface area is 72.4 Å². The van der Waals surface area contributed by atoms with Crippen LogP contribution in [0.5, 0.6) is 0 Å². The molecule has 0 amide bonds. The quantitative estimate of drug-likeness (QED) is 0.540. The van der Waals surface area contributed by atoms with Crippen molar-refractivity contribution in [3.05, 3.63) is 30.3 Å². The van der Waals surface area contributed by atoms with Crippen LogP contribution in [0.3, 0.4) is 0 Å². The lowest BCUT2D eigenvalue weighted by Crippen LogP contribution is -2.00. The van der Waals surface area contributed by atoms with Crippen molar-refractivity contribution < 1.29 is 0 Å². The number of halogens is 1. The Kier molecular flexibility index (Phi) is 3.84. The number of anilines is 1. The standard InChI is InChI=1S/C9H12ClN/c10-7-4-8-11-9-5-2-1-3-6-9/h1-3,5-6,11H,4,7-8H2. The first-order valence-corrected chi connectivity index (χ1v) is 4.32. The van der Waals surface area contributed by atoms with Crippen LogP contribution in [0.2, 0.25) is 0 Å². The van der Waals surface area contributed by atoms with Gasteiger partial charge in [-0.25, -0.2) is 0 Å². The van der Waals surface area contributed by atoms with E-state index in [1.54, 1.807) is 0 Å². The van der Waals surface area contributed by atoms with Gasteiger partial charge in [-0.05, 0) is 18.6 Å². The zero-order valence-corrected chi connectivity index (χ0v) is 7.14. The Morgan fingerprint density at radius 3 is 2.55 bits per heavy atom. The molecular weight excluding hydrogens is 158 g/mol. The van der Waals surface area contributed by atoms with E-state index in [0.29, 0.717) is 0 Å². The molecule has 0 saturated carbocycles. The highest BCUT2D eigenvalue weighted by Crippen LogP contribution is 2.04. The third-order valence-corrected chi connectivity index (χ3v) is 1.68. The summed E-state index contributed by atoms with van der Waals surface area (Å²) in [7, 11) is 0. The van der Waals surface area contributed by atoms with Gasteiger partial charge in [-0.2, -0.15) is 0 Å². The largest absolute Gasteiger partial charge is 0.385 e. The molecule has 0 aromatic heterocycles. The maximum atomic E-state index is 5.53. The van der Waals surface area contributed by atoms with Crippen molar-refractivity contribution in [2.75, 3.05) is 17.7 Å². The molecule has 2 heteroatoms. The van der Waals surface area contributed by atoms with E-state index in [0.717, 1.165) is 24.5 Å². The summed E-state index contributed by atoms with van der Waals surface area (Å²) in [6.07, 6.45) is 1.01. The first kappa shape index (κ1) is 8.41. The highest BCUT2D eigenvalue weighted by atomic mass is 35.5. The summed E-state index contributed by atoms with van der Waals surface area (Å²) in [5, 5.41) is 3.26. The maximum Gasteiger partial charge on any atom is 0.0340 e. The molecule has 1 nitrogen and oxygen atoms in total. The van der Waals surface area contributed by atoms with E-state index in [-0.39, 0.29) is 0 Å². The summed E-state index contributed by atoms with van der Waals surface area (Å²) in [5.41, 5.74) is 1.16. The molecule has 1 aromatic rings. The van der Waals surface area contributed by atoms with Gasteiger partial charge >= 0.3 is 0 Å². The van der Waals surface area contributed by atoms with Crippen molar-refractivity contribution in [1.29, 1.82) is 0 Å². The molecular formula is C9H12ClN. The molecule has 0 saturated heterocycles. The minimum Gasteiger partial charge on any atom is -0.385 e. The van der Waals surface area contributed by atoms with Crippen molar-refractivity contribution in [2.24, 2.45) is 0 Å². The van der Waals surface area contributed by atoms with Crippen LogP contribution >= 0.6 is 11.6 Å². The van der Waals surface area contributed by atoms with Crippen LogP contribution in [0.4, 0.5) is 5.69 Å². The van der Waals surface area contributed by atoms with Crippen molar-refractivity contribution in [2.45, 2.75) is 6.42 Å². The van der Waals surface area contributed by atoms with Gasteiger partial charge in [-0.3, -0.25) is 0 Å². The summed E-state index contributed by atoms with van der Waals surface area (Å²) in [6, 6.07) is 10.1. The van der Waals surface area contributed by atoms with Gasteiger partial charge in [0.25, 0.3) is 0 Å². The van der Waals surface area contributed by atoms with Gasteiger partial charge in [-0.15, -0.1) is 11.6 Å². The lowest BCUT2D eigenvalue weighted by atomic mass is 10.3. The predicted molar refractivity (Wildman–Crippen MR) is 50.3 cm³/mol. The number of nitrogens with one attached hydrogen (secondary N) is 1. The zero-order valence-electron chi connectivity index (χ0n) is 6.39. The Bertz CT molecular complexity index is 186. The minimum absolute atomic E-state index is 0.722. The van der Waals surface area contributed by atoms with E-state index in [2.05, 4.69) is 5.32 Å². The van der Waals surface area contributed by atoms with Crippen LogP contribution in [0, 0.1) is 0 Å². The summed E-state index contributed by atoms with van der Waals surface area (Å²) in [5.74, 6) is 0.722. The molecule has 0 heterocycles. The SMILES string of the molecule is ClCCCNc1ccccc1. The van der Waals surface area contributed by atoms with E-state index < -0.39 is 0 Å². The number of rotatable bonds is 4. The predicted octanol–water partition coefficient (Wildman–Crippen LogP) is 2.73. The van der Waals surface area contributed by atoms with Gasteiger partial charge < -0.3 is 5.32 Å². The number of hydrogen-bond donors (Lipinski definition) is 1. The zero-order chi connectivity index (χ0) is 7.94. The van der Waals surface area contributed by atoms with E-state index in [9.17, 15) is 0 Å². The molecule has 0 unspecified atom stereocenters. The average molecular weight is 170 g/mol. The molecule has 0 aliphatic rings. The monoisotopic (exact) mass is 169 g/mol. The second-order valence-electron chi connectivity index (χ2n) is 2.34. The first-order chi connectivity index (χ1) is 5.43. The summed E-state index contributed by atoms with van der Waals surface area (Å²) in [6.45, 7) is 0.952. The minimum atomic E-state index is 0.722. The molecule has 0 bridgehead atoms. The van der Waals surface area contributed by atoms with Gasteiger partial charge in [-0.1, -0.05) is 18.2 Å². The van der Waals surface area contributed by atoms with Gasteiger partial charge in [0.15, 0.2) is 0 Å². The van der Waals surface area contributed by atoms with Crippen molar-refractivity contribution >= 4 is 17.3 Å². The average Bonchev–Trinajstić information content (AvgIpc) is 2.07. The highest BCUT2D eigenvalue weighted by Gasteiger charge is 1.86. The Morgan fingerprint density at radius 2 is 1.91 bits per heavy atom. The van der Waals surface area contributed by atoms with Crippen LogP contribution < -0.4 is 5.32 Å². The molecule has 60 valence electrons. The van der Waals surface area contributed by atoms with E-state index in [4.69, 9.17) is 11.6 Å². The summed E-state index contributed by atoms with van der Waals surface area (Å²) < 4.78 is 0. The van der Waals surface area contributed by atoms with Gasteiger partial charge in [0.1, 0.15) is 0 Å². The van der Waals surface area contributed by atoms with E-state index in [1.165, 1.54) is 0 Å². The maximum absolute atomic E-state index is 5.53. The van der Waals surface area contributed by atoms with Gasteiger partial charge in [0.05, 0.1) is 0 Å². The summed E-state index contributed by atoms with van der Waals surface area (Å²) >= 11 is 5.53. The smallest absolute Gasteiger partial charge is 0.0340 e. The third-order valence-electron chi connectivity index (χ3n) is 1.41. The van der Waals surface area contributed by atoms with E-state index in [1.807, 2.05) is 30.3 Å². The highest BCUT2D eigenvalue weighted by molar-refractivity contribution is 6.17. The number of para-hydroxylation sites is 1. The van der Waals surface area contributed by atoms with E-state index >= 15 is 0 Å². The van der Waals surface area contributed by atoms with Crippen LogP contribution in [0.25, 0.3) is 0 Å². The first-order valence-electron chi connectivity index (χ1n) is 3.78. The molecule has 1 N–H and O–H groups in total. The molecule has 0 aliphatic heterocycles. The fraction of sp³-hybridized carbons (Fsp3) is 0.333. The molecule has 0 atom stereocenters. The van der Waals surface area contributed by atoms with Gasteiger partial charge in [0.2, 0.25) is 0 Å². The molecule has 1 rings (SSSR count). The lowest BCUT2D eigenvalue weighted by Gasteiger charge is -2.02. The lowest BCUT2D eigenvalue weighted by molar-refractivity contribution is 0.987. The van der Waals surface area contributed by atoms with Crippen molar-refractivity contribution in [3.8, 4) is 0 Å². The molecule has 1 aromatic carbocycles. The number of benzene rings is 1. The van der Waals surface area contributed by atoms with Crippen molar-refractivity contribution in [1.82, 2.24) is 0 Å².